The molecule has 0 aromatic heterocycles. The van der Waals surface area contributed by atoms with E-state index in [-0.39, 0.29) is 0 Å². The molecular formula is C11H20O6. The molecule has 0 amide bonds. The first-order valence-electron chi connectivity index (χ1n) is 5.29. The topological polar surface area (TPSA) is 115 Å². The molecule has 0 heterocycles. The highest BCUT2D eigenvalue weighted by atomic mass is 16.3. The first-order chi connectivity index (χ1) is 7.79. The lowest BCUT2D eigenvalue weighted by molar-refractivity contribution is -0.141. The highest BCUT2D eigenvalue weighted by Crippen LogP contribution is 2.23. The fourth-order valence-electron chi connectivity index (χ4n) is 1.03. The third kappa shape index (κ3) is 3.57. The minimum atomic E-state index is -1.37. The van der Waals surface area contributed by atoms with Crippen molar-refractivity contribution in [3.05, 3.63) is 0 Å². The van der Waals surface area contributed by atoms with E-state index in [1.165, 1.54) is 13.8 Å². The number of Topliss-reactive ketones (excluding diaryl/α,β-unsaturated/α-hetero) is 2. The average Bonchev–Trinajstić information content (AvgIpc) is 2.36. The Bertz CT molecular complexity index is 250. The maximum absolute atomic E-state index is 11.7. The van der Waals surface area contributed by atoms with E-state index >= 15 is 0 Å². The summed E-state index contributed by atoms with van der Waals surface area (Å²) in [6, 6.07) is 0. The molecule has 0 saturated carbocycles. The molecule has 0 fully saturated rings. The van der Waals surface area contributed by atoms with E-state index in [1.807, 2.05) is 0 Å². The Kier molecular flexibility index (Phi) is 5.91. The largest absolute Gasteiger partial charge is 0.395 e. The molecule has 0 saturated heterocycles. The molecule has 0 atom stereocenters. The van der Waals surface area contributed by atoms with Crippen LogP contribution in [0.2, 0.25) is 0 Å². The molecule has 0 aromatic carbocycles. The van der Waals surface area contributed by atoms with Gasteiger partial charge in [0.25, 0.3) is 0 Å². The van der Waals surface area contributed by atoms with Gasteiger partial charge in [0, 0.05) is 0 Å². The smallest absolute Gasteiger partial charge is 0.150 e. The van der Waals surface area contributed by atoms with Gasteiger partial charge >= 0.3 is 0 Å². The summed E-state index contributed by atoms with van der Waals surface area (Å²) in [5.74, 6) is -1.22. The molecule has 0 bridgehead atoms. The molecule has 6 nitrogen and oxygen atoms in total. The van der Waals surface area contributed by atoms with Gasteiger partial charge in [-0.25, -0.2) is 0 Å². The van der Waals surface area contributed by atoms with Crippen LogP contribution in [-0.2, 0) is 9.59 Å². The SMILES string of the molecule is CC(CO)(CO)C(=O)CC(=O)C(C)(CO)CO. The van der Waals surface area contributed by atoms with Crippen molar-refractivity contribution in [2.24, 2.45) is 10.8 Å². The second-order valence-corrected chi connectivity index (χ2v) is 4.78. The lowest BCUT2D eigenvalue weighted by Gasteiger charge is -2.26. The quantitative estimate of drug-likeness (QED) is 0.388. The minimum Gasteiger partial charge on any atom is -0.395 e. The fourth-order valence-corrected chi connectivity index (χ4v) is 1.03. The van der Waals surface area contributed by atoms with Crippen molar-refractivity contribution in [2.75, 3.05) is 26.4 Å². The summed E-state index contributed by atoms with van der Waals surface area (Å²) >= 11 is 0. The van der Waals surface area contributed by atoms with Crippen LogP contribution in [0.5, 0.6) is 0 Å². The first kappa shape index (κ1) is 16.2. The highest BCUT2D eigenvalue weighted by molar-refractivity contribution is 6.04. The zero-order valence-corrected chi connectivity index (χ0v) is 10.1. The van der Waals surface area contributed by atoms with Crippen LogP contribution in [0.15, 0.2) is 0 Å². The number of aliphatic hydroxyl groups is 4. The maximum Gasteiger partial charge on any atom is 0.150 e. The fraction of sp³-hybridized carbons (Fsp3) is 0.818. The van der Waals surface area contributed by atoms with Gasteiger partial charge in [0.2, 0.25) is 0 Å². The van der Waals surface area contributed by atoms with Crippen molar-refractivity contribution >= 4 is 11.6 Å². The maximum atomic E-state index is 11.7. The van der Waals surface area contributed by atoms with Gasteiger partial charge in [0.1, 0.15) is 0 Å². The summed E-state index contributed by atoms with van der Waals surface area (Å²) < 4.78 is 0. The zero-order valence-electron chi connectivity index (χ0n) is 10.1. The Labute approximate surface area is 99.9 Å². The van der Waals surface area contributed by atoms with Gasteiger partial charge in [-0.2, -0.15) is 0 Å². The summed E-state index contributed by atoms with van der Waals surface area (Å²) in [4.78, 5) is 23.4. The van der Waals surface area contributed by atoms with Crippen LogP contribution in [0.25, 0.3) is 0 Å². The molecule has 0 spiro atoms. The molecule has 0 radical (unpaired) electrons. The van der Waals surface area contributed by atoms with Gasteiger partial charge in [-0.05, 0) is 13.8 Å². The number of hydrogen-bond donors (Lipinski definition) is 4. The van der Waals surface area contributed by atoms with Gasteiger partial charge in [-0.3, -0.25) is 9.59 Å². The molecule has 0 aliphatic carbocycles. The van der Waals surface area contributed by atoms with Crippen LogP contribution in [0, 0.1) is 10.8 Å². The van der Waals surface area contributed by atoms with Gasteiger partial charge in [-0.1, -0.05) is 0 Å². The Hall–Kier alpha value is -0.820. The number of rotatable bonds is 8. The third-order valence-corrected chi connectivity index (χ3v) is 3.06. The second-order valence-electron chi connectivity index (χ2n) is 4.78. The third-order valence-electron chi connectivity index (χ3n) is 3.06. The number of hydrogen-bond acceptors (Lipinski definition) is 6. The summed E-state index contributed by atoms with van der Waals surface area (Å²) in [6.45, 7) is 0.431. The molecular weight excluding hydrogens is 228 g/mol. The average molecular weight is 248 g/mol. The van der Waals surface area contributed by atoms with Crippen molar-refractivity contribution in [3.8, 4) is 0 Å². The number of ketones is 2. The zero-order chi connectivity index (χ0) is 13.7. The predicted octanol–water partition coefficient (Wildman–Crippen LogP) is -1.50. The lowest BCUT2D eigenvalue weighted by atomic mass is 9.79. The second kappa shape index (κ2) is 6.20. The molecule has 0 aliphatic heterocycles. The Morgan fingerprint density at radius 2 is 1.00 bits per heavy atom. The Morgan fingerprint density at radius 3 is 1.18 bits per heavy atom. The summed E-state index contributed by atoms with van der Waals surface area (Å²) in [6.07, 6.45) is -0.533. The Balaban J connectivity index is 4.76. The normalized spacial score (nSPS) is 12.6. The van der Waals surface area contributed by atoms with Crippen LogP contribution < -0.4 is 0 Å². The van der Waals surface area contributed by atoms with Crippen molar-refractivity contribution in [3.63, 3.8) is 0 Å². The van der Waals surface area contributed by atoms with Crippen molar-refractivity contribution in [2.45, 2.75) is 20.3 Å². The molecule has 17 heavy (non-hydrogen) atoms. The van der Waals surface area contributed by atoms with Crippen LogP contribution >= 0.6 is 0 Å². The molecule has 100 valence electrons. The van der Waals surface area contributed by atoms with Crippen molar-refractivity contribution < 1.29 is 30.0 Å². The standard InChI is InChI=1S/C11H20O6/c1-10(4-12,5-13)8(16)3-9(17)11(2,6-14)7-15/h12-15H,3-7H2,1-2H3. The highest BCUT2D eigenvalue weighted by Gasteiger charge is 2.38. The monoisotopic (exact) mass is 248 g/mol. The van der Waals surface area contributed by atoms with Gasteiger partial charge in [0.15, 0.2) is 11.6 Å². The van der Waals surface area contributed by atoms with Gasteiger partial charge in [0.05, 0.1) is 43.7 Å². The van der Waals surface area contributed by atoms with Crippen LogP contribution in [0.3, 0.4) is 0 Å². The molecule has 0 unspecified atom stereocenters. The van der Waals surface area contributed by atoms with E-state index in [1.54, 1.807) is 0 Å². The van der Waals surface area contributed by atoms with Crippen LogP contribution in [0.4, 0.5) is 0 Å². The Morgan fingerprint density at radius 1 is 0.765 bits per heavy atom. The van der Waals surface area contributed by atoms with E-state index in [9.17, 15) is 9.59 Å². The van der Waals surface area contributed by atoms with E-state index in [2.05, 4.69) is 0 Å². The summed E-state index contributed by atoms with van der Waals surface area (Å²) in [5.41, 5.74) is -2.75. The van der Waals surface area contributed by atoms with E-state index in [0.29, 0.717) is 0 Å². The molecule has 4 N–H and O–H groups in total. The predicted molar refractivity (Wildman–Crippen MR) is 59.2 cm³/mol. The summed E-state index contributed by atoms with van der Waals surface area (Å²) in [7, 11) is 0. The molecule has 0 rings (SSSR count). The van der Waals surface area contributed by atoms with Crippen molar-refractivity contribution in [1.29, 1.82) is 0 Å². The first-order valence-corrected chi connectivity index (χ1v) is 5.29. The number of carbonyl (C=O) groups is 2. The summed E-state index contributed by atoms with van der Waals surface area (Å²) in [5, 5.41) is 36.0. The number of carbonyl (C=O) groups excluding carboxylic acids is 2. The molecule has 0 aliphatic rings. The van der Waals surface area contributed by atoms with E-state index < -0.39 is 55.2 Å². The van der Waals surface area contributed by atoms with Gasteiger partial charge < -0.3 is 20.4 Å². The van der Waals surface area contributed by atoms with Crippen LogP contribution in [0.1, 0.15) is 20.3 Å². The minimum absolute atomic E-state index is 0.533. The van der Waals surface area contributed by atoms with E-state index in [4.69, 9.17) is 20.4 Å². The van der Waals surface area contributed by atoms with Crippen LogP contribution in [-0.4, -0.2) is 58.4 Å². The number of aliphatic hydroxyl groups excluding tert-OH is 4. The van der Waals surface area contributed by atoms with E-state index in [0.717, 1.165) is 0 Å². The molecule has 0 aromatic rings. The van der Waals surface area contributed by atoms with Crippen molar-refractivity contribution in [1.82, 2.24) is 0 Å². The van der Waals surface area contributed by atoms with Gasteiger partial charge in [-0.15, -0.1) is 0 Å². The molecule has 6 heteroatoms. The lowest BCUT2D eigenvalue weighted by Crippen LogP contribution is -2.42.